The van der Waals surface area contributed by atoms with Crippen LogP contribution in [0.2, 0.25) is 0 Å². The van der Waals surface area contributed by atoms with Crippen LogP contribution >= 0.6 is 12.4 Å². The number of nitrogens with two attached hydrogens (primary N) is 1. The van der Waals surface area contributed by atoms with Crippen LogP contribution in [0.4, 0.5) is 8.78 Å². The third-order valence-corrected chi connectivity index (χ3v) is 6.50. The number of rotatable bonds is 6. The predicted octanol–water partition coefficient (Wildman–Crippen LogP) is 4.20. The standard InChI is InChI=1S/C28H25F2N3O4.ClH/c1-17-26(19-10-11-24-25(14-19)37-13-12-36-24)27(34)33(16-23(31)18-6-3-2-4-7-18)28(35)32(17)15-20-21(29)8-5-9-22(20)30;/h2-11,14,23H,12-13,15-16,31H2,1H3;1H/t23-;/m0./s1. The highest BCUT2D eigenvalue weighted by Crippen LogP contribution is 2.34. The molecule has 0 aliphatic carbocycles. The van der Waals surface area contributed by atoms with E-state index in [9.17, 15) is 18.4 Å². The molecule has 1 aromatic heterocycles. The lowest BCUT2D eigenvalue weighted by Gasteiger charge is -2.22. The maximum atomic E-state index is 14.5. The molecule has 2 heterocycles. The largest absolute Gasteiger partial charge is 0.486 e. The number of hydrogen-bond acceptors (Lipinski definition) is 5. The van der Waals surface area contributed by atoms with Gasteiger partial charge in [0.1, 0.15) is 24.8 Å². The van der Waals surface area contributed by atoms with Crippen molar-refractivity contribution in [2.45, 2.75) is 26.1 Å². The van der Waals surface area contributed by atoms with Crippen molar-refractivity contribution < 1.29 is 18.3 Å². The van der Waals surface area contributed by atoms with Crippen LogP contribution in [0, 0.1) is 18.6 Å². The van der Waals surface area contributed by atoms with Crippen LogP contribution in [0.15, 0.2) is 76.3 Å². The lowest BCUT2D eigenvalue weighted by molar-refractivity contribution is 0.171. The molecule has 1 aliphatic rings. The Morgan fingerprint density at radius 1 is 0.895 bits per heavy atom. The van der Waals surface area contributed by atoms with Crippen LogP contribution < -0.4 is 26.5 Å². The fourth-order valence-corrected chi connectivity index (χ4v) is 4.52. The first kappa shape index (κ1) is 27.1. The Balaban J connectivity index is 0.00000336. The van der Waals surface area contributed by atoms with Crippen LogP contribution in [-0.4, -0.2) is 22.3 Å². The van der Waals surface area contributed by atoms with Gasteiger partial charge in [0.05, 0.1) is 18.7 Å². The van der Waals surface area contributed by atoms with Crippen molar-refractivity contribution in [3.05, 3.63) is 116 Å². The summed E-state index contributed by atoms with van der Waals surface area (Å²) in [5.41, 5.74) is 6.51. The van der Waals surface area contributed by atoms with E-state index in [1.807, 2.05) is 18.2 Å². The van der Waals surface area contributed by atoms with Gasteiger partial charge in [0.15, 0.2) is 11.5 Å². The molecule has 0 radical (unpaired) electrons. The van der Waals surface area contributed by atoms with Crippen molar-refractivity contribution in [2.24, 2.45) is 5.73 Å². The molecule has 2 N–H and O–H groups in total. The minimum atomic E-state index is -0.786. The molecule has 7 nitrogen and oxygen atoms in total. The molecule has 1 aliphatic heterocycles. The minimum Gasteiger partial charge on any atom is -0.486 e. The van der Waals surface area contributed by atoms with E-state index in [2.05, 4.69) is 0 Å². The third kappa shape index (κ3) is 5.07. The summed E-state index contributed by atoms with van der Waals surface area (Å²) in [5, 5.41) is 0. The summed E-state index contributed by atoms with van der Waals surface area (Å²) in [6.07, 6.45) is 0. The lowest BCUT2D eigenvalue weighted by atomic mass is 10.0. The van der Waals surface area contributed by atoms with Gasteiger partial charge in [-0.3, -0.25) is 13.9 Å². The second-order valence-electron chi connectivity index (χ2n) is 8.82. The summed E-state index contributed by atoms with van der Waals surface area (Å²) in [6, 6.07) is 17.0. The van der Waals surface area contributed by atoms with E-state index < -0.39 is 35.5 Å². The molecule has 1 atom stereocenters. The summed E-state index contributed by atoms with van der Waals surface area (Å²) in [6.45, 7) is 1.82. The van der Waals surface area contributed by atoms with E-state index in [1.165, 1.54) is 10.6 Å². The van der Waals surface area contributed by atoms with E-state index in [1.54, 1.807) is 37.3 Å². The monoisotopic (exact) mass is 541 g/mol. The van der Waals surface area contributed by atoms with Gasteiger partial charge in [-0.15, -0.1) is 12.4 Å². The Morgan fingerprint density at radius 2 is 1.55 bits per heavy atom. The van der Waals surface area contributed by atoms with E-state index in [0.717, 1.165) is 22.3 Å². The molecule has 10 heteroatoms. The van der Waals surface area contributed by atoms with E-state index in [0.29, 0.717) is 30.3 Å². The Kier molecular flexibility index (Phi) is 7.99. The third-order valence-electron chi connectivity index (χ3n) is 6.50. The lowest BCUT2D eigenvalue weighted by Crippen LogP contribution is -2.44. The topological polar surface area (TPSA) is 88.5 Å². The van der Waals surface area contributed by atoms with Crippen molar-refractivity contribution in [1.82, 2.24) is 9.13 Å². The van der Waals surface area contributed by atoms with Gasteiger partial charge in [-0.25, -0.2) is 13.6 Å². The van der Waals surface area contributed by atoms with Crippen molar-refractivity contribution in [1.29, 1.82) is 0 Å². The zero-order chi connectivity index (χ0) is 26.1. The highest BCUT2D eigenvalue weighted by Gasteiger charge is 2.23. The quantitative estimate of drug-likeness (QED) is 0.395. The molecule has 0 unspecified atom stereocenters. The molecule has 5 rings (SSSR count). The van der Waals surface area contributed by atoms with Crippen LogP contribution in [-0.2, 0) is 13.1 Å². The zero-order valence-electron chi connectivity index (χ0n) is 20.5. The van der Waals surface area contributed by atoms with E-state index >= 15 is 0 Å². The molecule has 4 aromatic rings. The summed E-state index contributed by atoms with van der Waals surface area (Å²) in [7, 11) is 0. The second kappa shape index (κ2) is 11.2. The molecule has 0 saturated carbocycles. The van der Waals surface area contributed by atoms with Gasteiger partial charge in [0, 0.05) is 17.3 Å². The van der Waals surface area contributed by atoms with Gasteiger partial charge in [0.2, 0.25) is 0 Å². The summed E-state index contributed by atoms with van der Waals surface area (Å²) >= 11 is 0. The number of benzene rings is 3. The Morgan fingerprint density at radius 3 is 2.24 bits per heavy atom. The smallest absolute Gasteiger partial charge is 0.331 e. The van der Waals surface area contributed by atoms with E-state index in [-0.39, 0.29) is 35.8 Å². The first-order chi connectivity index (χ1) is 17.8. The van der Waals surface area contributed by atoms with Crippen LogP contribution in [0.3, 0.4) is 0 Å². The highest BCUT2D eigenvalue weighted by molar-refractivity contribution is 5.85. The van der Waals surface area contributed by atoms with Gasteiger partial charge in [0.25, 0.3) is 5.56 Å². The Labute approximate surface area is 223 Å². The fourth-order valence-electron chi connectivity index (χ4n) is 4.52. The minimum absolute atomic E-state index is 0. The fraction of sp³-hybridized carbons (Fsp3) is 0.214. The average molecular weight is 542 g/mol. The molecule has 0 fully saturated rings. The molecule has 38 heavy (non-hydrogen) atoms. The van der Waals surface area contributed by atoms with Crippen molar-refractivity contribution in [3.63, 3.8) is 0 Å². The zero-order valence-corrected chi connectivity index (χ0v) is 21.3. The maximum Gasteiger partial charge on any atom is 0.331 e. The summed E-state index contributed by atoms with van der Waals surface area (Å²) < 4.78 is 42.6. The first-order valence-corrected chi connectivity index (χ1v) is 11.8. The number of fused-ring (bicyclic) bond motifs is 1. The summed E-state index contributed by atoms with van der Waals surface area (Å²) in [4.78, 5) is 27.4. The number of ether oxygens (including phenoxy) is 2. The van der Waals surface area contributed by atoms with E-state index in [4.69, 9.17) is 15.2 Å². The number of aromatic nitrogens is 2. The Bertz CT molecular complexity index is 1570. The van der Waals surface area contributed by atoms with Crippen LogP contribution in [0.5, 0.6) is 11.5 Å². The number of nitrogens with zero attached hydrogens (tertiary/aromatic N) is 2. The Hall–Kier alpha value is -3.95. The van der Waals surface area contributed by atoms with Crippen molar-refractivity contribution in [3.8, 4) is 22.6 Å². The van der Waals surface area contributed by atoms with Crippen molar-refractivity contribution in [2.75, 3.05) is 13.2 Å². The molecule has 0 amide bonds. The maximum absolute atomic E-state index is 14.5. The normalized spacial score (nSPS) is 13.1. The SMILES string of the molecule is Cc1c(-c2ccc3c(c2)OCCO3)c(=O)n(C[C@H](N)c2ccccc2)c(=O)n1Cc1c(F)cccc1F.Cl. The second-order valence-corrected chi connectivity index (χ2v) is 8.82. The molecule has 0 bridgehead atoms. The molecule has 0 spiro atoms. The van der Waals surface area contributed by atoms with Crippen molar-refractivity contribution >= 4 is 12.4 Å². The first-order valence-electron chi connectivity index (χ1n) is 11.8. The predicted molar refractivity (Wildman–Crippen MR) is 142 cm³/mol. The molecular weight excluding hydrogens is 516 g/mol. The molecular formula is C28H26ClF2N3O4. The average Bonchev–Trinajstić information content (AvgIpc) is 2.91. The van der Waals surface area contributed by atoms with Gasteiger partial charge < -0.3 is 15.2 Å². The molecule has 3 aromatic carbocycles. The number of halogens is 3. The highest BCUT2D eigenvalue weighted by atomic mass is 35.5. The van der Waals surface area contributed by atoms with Gasteiger partial charge in [-0.1, -0.05) is 42.5 Å². The van der Waals surface area contributed by atoms with Gasteiger partial charge in [-0.05, 0) is 42.3 Å². The van der Waals surface area contributed by atoms with Gasteiger partial charge in [-0.2, -0.15) is 0 Å². The summed E-state index contributed by atoms with van der Waals surface area (Å²) in [5.74, 6) is -0.564. The van der Waals surface area contributed by atoms with Crippen LogP contribution in [0.1, 0.15) is 22.9 Å². The molecule has 0 saturated heterocycles. The number of hydrogen-bond donors (Lipinski definition) is 1. The molecule has 198 valence electrons. The van der Waals surface area contributed by atoms with Gasteiger partial charge >= 0.3 is 5.69 Å². The van der Waals surface area contributed by atoms with Crippen LogP contribution in [0.25, 0.3) is 11.1 Å².